The molecule has 3 nitrogen and oxygen atoms in total. The van der Waals surface area contributed by atoms with E-state index in [0.29, 0.717) is 12.1 Å². The third-order valence-corrected chi connectivity index (χ3v) is 3.97. The van der Waals surface area contributed by atoms with Crippen LogP contribution in [-0.2, 0) is 0 Å². The Bertz CT molecular complexity index is 626. The van der Waals surface area contributed by atoms with Crippen molar-refractivity contribution in [2.45, 2.75) is 6.04 Å². The Hall–Kier alpha value is -1.72. The van der Waals surface area contributed by atoms with Crippen LogP contribution in [0.5, 0.6) is 0 Å². The van der Waals surface area contributed by atoms with E-state index in [1.165, 1.54) is 12.1 Å². The summed E-state index contributed by atoms with van der Waals surface area (Å²) in [6, 6.07) is 13.5. The van der Waals surface area contributed by atoms with Crippen molar-refractivity contribution in [2.24, 2.45) is 0 Å². The topological polar surface area (TPSA) is 32.3 Å². The summed E-state index contributed by atoms with van der Waals surface area (Å²) in [5.41, 5.74) is 1.57. The molecular weight excluding hydrogens is 347 g/mol. The molecule has 1 N–H and O–H groups in total. The molecule has 5 heteroatoms. The summed E-state index contributed by atoms with van der Waals surface area (Å²) in [6.07, 6.45) is 0. The molecule has 0 aliphatic carbocycles. The van der Waals surface area contributed by atoms with Crippen LogP contribution >= 0.6 is 15.9 Å². The molecule has 0 aliphatic rings. The number of halogens is 2. The number of likely N-dealkylation sites (N-methyl/N-ethyl adjacent to an activating group) is 1. The van der Waals surface area contributed by atoms with Crippen molar-refractivity contribution in [1.82, 2.24) is 10.2 Å². The van der Waals surface area contributed by atoms with Crippen LogP contribution in [0.15, 0.2) is 53.0 Å². The van der Waals surface area contributed by atoms with E-state index >= 15 is 0 Å². The summed E-state index contributed by atoms with van der Waals surface area (Å²) in [5, 5.41) is 2.92. The molecule has 0 saturated heterocycles. The minimum Gasteiger partial charge on any atom is -0.350 e. The van der Waals surface area contributed by atoms with Crippen LogP contribution < -0.4 is 5.32 Å². The van der Waals surface area contributed by atoms with Gasteiger partial charge in [0.15, 0.2) is 0 Å². The van der Waals surface area contributed by atoms with Crippen LogP contribution in [0.3, 0.4) is 0 Å². The second-order valence-electron chi connectivity index (χ2n) is 5.25. The maximum absolute atomic E-state index is 13.0. The molecule has 1 amide bonds. The highest BCUT2D eigenvalue weighted by Gasteiger charge is 2.16. The SMILES string of the molecule is CN(C)C(CNC(=O)c1ccc(Br)cc1)c1ccc(F)cc1. The molecular formula is C17H18BrFN2O. The molecule has 22 heavy (non-hydrogen) atoms. The second kappa shape index (κ2) is 7.51. The smallest absolute Gasteiger partial charge is 0.251 e. The lowest BCUT2D eigenvalue weighted by molar-refractivity contribution is 0.0942. The van der Waals surface area contributed by atoms with Crippen molar-refractivity contribution in [3.63, 3.8) is 0 Å². The fourth-order valence-corrected chi connectivity index (χ4v) is 2.44. The van der Waals surface area contributed by atoms with Crippen LogP contribution in [0, 0.1) is 5.82 Å². The van der Waals surface area contributed by atoms with Crippen molar-refractivity contribution in [3.8, 4) is 0 Å². The van der Waals surface area contributed by atoms with E-state index in [9.17, 15) is 9.18 Å². The molecule has 2 rings (SSSR count). The summed E-state index contributed by atoms with van der Waals surface area (Å²) in [5.74, 6) is -0.387. The molecule has 0 saturated carbocycles. The van der Waals surface area contributed by atoms with E-state index < -0.39 is 0 Å². The third kappa shape index (κ3) is 4.39. The summed E-state index contributed by atoms with van der Waals surface area (Å²) >= 11 is 3.34. The lowest BCUT2D eigenvalue weighted by Crippen LogP contribution is -2.34. The van der Waals surface area contributed by atoms with Crippen molar-refractivity contribution in [1.29, 1.82) is 0 Å². The van der Waals surface area contributed by atoms with Gasteiger partial charge in [-0.1, -0.05) is 28.1 Å². The quantitative estimate of drug-likeness (QED) is 0.878. The maximum Gasteiger partial charge on any atom is 0.251 e. The molecule has 1 unspecified atom stereocenters. The highest BCUT2D eigenvalue weighted by Crippen LogP contribution is 2.18. The number of hydrogen-bond acceptors (Lipinski definition) is 2. The van der Waals surface area contributed by atoms with Gasteiger partial charge in [0, 0.05) is 16.6 Å². The van der Waals surface area contributed by atoms with Crippen molar-refractivity contribution in [3.05, 3.63) is 69.9 Å². The summed E-state index contributed by atoms with van der Waals surface area (Å²) in [4.78, 5) is 14.2. The largest absolute Gasteiger partial charge is 0.350 e. The minimum atomic E-state index is -0.264. The second-order valence-corrected chi connectivity index (χ2v) is 6.16. The van der Waals surface area contributed by atoms with E-state index in [1.54, 1.807) is 24.3 Å². The first-order valence-electron chi connectivity index (χ1n) is 6.93. The molecule has 116 valence electrons. The molecule has 0 radical (unpaired) electrons. The van der Waals surface area contributed by atoms with Crippen LogP contribution in [-0.4, -0.2) is 31.4 Å². The monoisotopic (exact) mass is 364 g/mol. The standard InChI is InChI=1S/C17H18BrFN2O/c1-21(2)16(12-5-9-15(19)10-6-12)11-20-17(22)13-3-7-14(18)8-4-13/h3-10,16H,11H2,1-2H3,(H,20,22). The Kier molecular flexibility index (Phi) is 5.69. The van der Waals surface area contributed by atoms with Crippen molar-refractivity contribution >= 4 is 21.8 Å². The highest BCUT2D eigenvalue weighted by molar-refractivity contribution is 9.10. The minimum absolute atomic E-state index is 0.0139. The van der Waals surface area contributed by atoms with E-state index in [0.717, 1.165) is 10.0 Å². The number of benzene rings is 2. The van der Waals surface area contributed by atoms with Crippen molar-refractivity contribution < 1.29 is 9.18 Å². The maximum atomic E-state index is 13.0. The van der Waals surface area contributed by atoms with E-state index in [4.69, 9.17) is 0 Å². The van der Waals surface area contributed by atoms with Gasteiger partial charge in [0.05, 0.1) is 6.04 Å². The van der Waals surface area contributed by atoms with Gasteiger partial charge in [0.2, 0.25) is 0 Å². The predicted octanol–water partition coefficient (Wildman–Crippen LogP) is 3.62. The molecule has 0 aliphatic heterocycles. The zero-order valence-corrected chi connectivity index (χ0v) is 14.1. The first-order valence-corrected chi connectivity index (χ1v) is 7.72. The molecule has 2 aromatic rings. The van der Waals surface area contributed by atoms with E-state index in [-0.39, 0.29) is 17.8 Å². The number of carbonyl (C=O) groups excluding carboxylic acids is 1. The number of nitrogens with zero attached hydrogens (tertiary/aromatic N) is 1. The van der Waals surface area contributed by atoms with Gasteiger partial charge >= 0.3 is 0 Å². The Morgan fingerprint density at radius 3 is 2.27 bits per heavy atom. The van der Waals surface area contributed by atoms with E-state index in [1.807, 2.05) is 31.1 Å². The number of rotatable bonds is 5. The zero-order valence-electron chi connectivity index (χ0n) is 12.5. The average molecular weight is 365 g/mol. The number of hydrogen-bond donors (Lipinski definition) is 1. The Labute approximate surface area is 138 Å². The van der Waals surface area contributed by atoms with Crippen LogP contribution in [0.25, 0.3) is 0 Å². The van der Waals surface area contributed by atoms with Gasteiger partial charge in [0.25, 0.3) is 5.91 Å². The molecule has 0 aromatic heterocycles. The normalized spacial score (nSPS) is 12.2. The van der Waals surface area contributed by atoms with Gasteiger partial charge in [0.1, 0.15) is 5.82 Å². The lowest BCUT2D eigenvalue weighted by Gasteiger charge is -2.25. The lowest BCUT2D eigenvalue weighted by atomic mass is 10.1. The Balaban J connectivity index is 2.04. The first kappa shape index (κ1) is 16.6. The van der Waals surface area contributed by atoms with Gasteiger partial charge in [-0.05, 0) is 56.1 Å². The van der Waals surface area contributed by atoms with Gasteiger partial charge in [-0.25, -0.2) is 4.39 Å². The number of nitrogens with one attached hydrogen (secondary N) is 1. The highest BCUT2D eigenvalue weighted by atomic mass is 79.9. The summed E-state index contributed by atoms with van der Waals surface area (Å²) < 4.78 is 14.0. The molecule has 0 heterocycles. The Morgan fingerprint density at radius 2 is 1.73 bits per heavy atom. The van der Waals surface area contributed by atoms with Crippen LogP contribution in [0.4, 0.5) is 4.39 Å². The number of carbonyl (C=O) groups is 1. The zero-order chi connectivity index (χ0) is 16.1. The van der Waals surface area contributed by atoms with Crippen LogP contribution in [0.2, 0.25) is 0 Å². The van der Waals surface area contributed by atoms with Crippen LogP contribution in [0.1, 0.15) is 22.0 Å². The predicted molar refractivity (Wildman–Crippen MR) is 89.3 cm³/mol. The molecule has 0 fully saturated rings. The summed E-state index contributed by atoms with van der Waals surface area (Å²) in [7, 11) is 3.86. The first-order chi connectivity index (χ1) is 10.5. The van der Waals surface area contributed by atoms with Gasteiger partial charge in [-0.2, -0.15) is 0 Å². The third-order valence-electron chi connectivity index (χ3n) is 3.44. The molecule has 2 aromatic carbocycles. The average Bonchev–Trinajstić information content (AvgIpc) is 2.49. The fraction of sp³-hybridized carbons (Fsp3) is 0.235. The number of amides is 1. The Morgan fingerprint density at radius 1 is 1.14 bits per heavy atom. The van der Waals surface area contributed by atoms with E-state index in [2.05, 4.69) is 21.2 Å². The fourth-order valence-electron chi connectivity index (χ4n) is 2.18. The summed E-state index contributed by atoms with van der Waals surface area (Å²) in [6.45, 7) is 0.452. The molecule has 0 spiro atoms. The van der Waals surface area contributed by atoms with Gasteiger partial charge in [-0.15, -0.1) is 0 Å². The molecule has 0 bridgehead atoms. The van der Waals surface area contributed by atoms with Gasteiger partial charge < -0.3 is 10.2 Å². The van der Waals surface area contributed by atoms with Gasteiger partial charge in [-0.3, -0.25) is 4.79 Å². The molecule has 1 atom stereocenters. The van der Waals surface area contributed by atoms with Crippen molar-refractivity contribution in [2.75, 3.05) is 20.6 Å².